The first kappa shape index (κ1) is 20.9. The normalized spacial score (nSPS) is 14.7. The molecule has 0 atom stereocenters. The number of hydrogen-bond donors (Lipinski definition) is 2. The van der Waals surface area contributed by atoms with Crippen molar-refractivity contribution in [2.75, 3.05) is 32.1 Å². The van der Waals surface area contributed by atoms with E-state index < -0.39 is 31.0 Å². The molecule has 4 rings (SSSR count). The zero-order valence-corrected chi connectivity index (χ0v) is 17.3. The van der Waals surface area contributed by atoms with Crippen molar-refractivity contribution in [1.82, 2.24) is 20.2 Å². The topological polar surface area (TPSA) is 96.5 Å². The molecule has 1 saturated heterocycles. The van der Waals surface area contributed by atoms with Gasteiger partial charge in [-0.15, -0.1) is 0 Å². The lowest BCUT2D eigenvalue weighted by Gasteiger charge is -2.38. The van der Waals surface area contributed by atoms with Gasteiger partial charge in [0.1, 0.15) is 5.75 Å². The highest BCUT2D eigenvalue weighted by molar-refractivity contribution is 7.22. The first-order valence-electron chi connectivity index (χ1n) is 9.43. The van der Waals surface area contributed by atoms with Gasteiger partial charge in [0, 0.05) is 24.7 Å². The standard InChI is InChI=1S/C20H19F2N5O3S/c1-30-14-6-13(8-23-9-14)12-2-3-15-16(7-12)31-19(25-15)26-18(29)24-5-4-17(28)27-10-20(21,22)11-27/h2-3,6-9H,4-5,10-11H2,1H3,(H2,24,25,26,29). The summed E-state index contributed by atoms with van der Waals surface area (Å²) in [6, 6.07) is 7.08. The Morgan fingerprint density at radius 1 is 1.23 bits per heavy atom. The molecular formula is C20H19F2N5O3S. The first-order valence-corrected chi connectivity index (χ1v) is 10.2. The van der Waals surface area contributed by atoms with Crippen molar-refractivity contribution in [1.29, 1.82) is 0 Å². The number of aromatic nitrogens is 2. The third-order valence-corrected chi connectivity index (χ3v) is 5.65. The number of nitrogens with one attached hydrogen (secondary N) is 2. The molecule has 3 amide bonds. The maximum atomic E-state index is 12.8. The van der Waals surface area contributed by atoms with E-state index in [1.807, 2.05) is 24.3 Å². The molecule has 1 aliphatic rings. The molecular weight excluding hydrogens is 428 g/mol. The fraction of sp³-hybridized carbons (Fsp3) is 0.300. The second kappa shape index (κ2) is 8.42. The average molecular weight is 447 g/mol. The number of hydrogen-bond acceptors (Lipinski definition) is 6. The molecule has 0 aliphatic carbocycles. The van der Waals surface area contributed by atoms with Gasteiger partial charge in [-0.1, -0.05) is 17.4 Å². The van der Waals surface area contributed by atoms with E-state index in [9.17, 15) is 18.4 Å². The van der Waals surface area contributed by atoms with Crippen LogP contribution in [0.4, 0.5) is 18.7 Å². The van der Waals surface area contributed by atoms with Gasteiger partial charge >= 0.3 is 6.03 Å². The third-order valence-electron chi connectivity index (χ3n) is 4.71. The lowest BCUT2D eigenvalue weighted by Crippen LogP contribution is -2.58. The molecule has 2 aromatic heterocycles. The number of ether oxygens (including phenoxy) is 1. The van der Waals surface area contributed by atoms with Gasteiger partial charge in [0.05, 0.1) is 36.6 Å². The minimum absolute atomic E-state index is 0.0404. The molecule has 0 unspecified atom stereocenters. The van der Waals surface area contributed by atoms with Gasteiger partial charge in [-0.3, -0.25) is 15.1 Å². The molecule has 0 spiro atoms. The van der Waals surface area contributed by atoms with Crippen LogP contribution in [0.1, 0.15) is 6.42 Å². The van der Waals surface area contributed by atoms with Gasteiger partial charge in [0.2, 0.25) is 5.91 Å². The third kappa shape index (κ3) is 4.88. The molecule has 1 aromatic carbocycles. The molecule has 0 radical (unpaired) electrons. The summed E-state index contributed by atoms with van der Waals surface area (Å²) in [5, 5.41) is 5.58. The Labute approximate surface area is 180 Å². The predicted molar refractivity (Wildman–Crippen MR) is 113 cm³/mol. The van der Waals surface area contributed by atoms with Crippen molar-refractivity contribution in [2.45, 2.75) is 12.3 Å². The summed E-state index contributed by atoms with van der Waals surface area (Å²) in [4.78, 5) is 33.4. The van der Waals surface area contributed by atoms with Crippen LogP contribution in [0.15, 0.2) is 36.7 Å². The van der Waals surface area contributed by atoms with E-state index in [1.165, 1.54) is 11.3 Å². The summed E-state index contributed by atoms with van der Waals surface area (Å²) in [6.07, 6.45) is 3.32. The van der Waals surface area contributed by atoms with Gasteiger partial charge in [-0.05, 0) is 23.8 Å². The van der Waals surface area contributed by atoms with Gasteiger partial charge in [-0.2, -0.15) is 0 Å². The van der Waals surface area contributed by atoms with E-state index in [1.54, 1.807) is 19.5 Å². The number of amides is 3. The van der Waals surface area contributed by atoms with Crippen LogP contribution in [0.5, 0.6) is 5.75 Å². The van der Waals surface area contributed by atoms with Crippen LogP contribution in [0, 0.1) is 0 Å². The van der Waals surface area contributed by atoms with E-state index in [2.05, 4.69) is 20.6 Å². The van der Waals surface area contributed by atoms with Gasteiger partial charge in [0.25, 0.3) is 5.92 Å². The van der Waals surface area contributed by atoms with Crippen LogP contribution >= 0.6 is 11.3 Å². The van der Waals surface area contributed by atoms with E-state index in [4.69, 9.17) is 4.74 Å². The van der Waals surface area contributed by atoms with Crippen LogP contribution in [-0.4, -0.2) is 59.5 Å². The molecule has 3 heterocycles. The molecule has 1 fully saturated rings. The fourth-order valence-corrected chi connectivity index (χ4v) is 4.02. The summed E-state index contributed by atoms with van der Waals surface area (Å²) < 4.78 is 31.7. The fourth-order valence-electron chi connectivity index (χ4n) is 3.12. The van der Waals surface area contributed by atoms with Crippen LogP contribution in [-0.2, 0) is 4.79 Å². The molecule has 11 heteroatoms. The molecule has 0 saturated carbocycles. The summed E-state index contributed by atoms with van der Waals surface area (Å²) >= 11 is 1.31. The molecule has 31 heavy (non-hydrogen) atoms. The number of alkyl halides is 2. The first-order chi connectivity index (χ1) is 14.8. The van der Waals surface area contributed by atoms with Crippen molar-refractivity contribution in [2.24, 2.45) is 0 Å². The number of benzene rings is 1. The number of methoxy groups -OCH3 is 1. The van der Waals surface area contributed by atoms with Crippen molar-refractivity contribution in [3.05, 3.63) is 36.7 Å². The Bertz CT molecular complexity index is 1130. The lowest BCUT2D eigenvalue weighted by molar-refractivity contribution is -0.165. The number of anilines is 1. The zero-order chi connectivity index (χ0) is 22.0. The highest BCUT2D eigenvalue weighted by Gasteiger charge is 2.45. The van der Waals surface area contributed by atoms with Crippen LogP contribution in [0.25, 0.3) is 21.3 Å². The van der Waals surface area contributed by atoms with E-state index >= 15 is 0 Å². The maximum Gasteiger partial charge on any atom is 0.321 e. The van der Waals surface area contributed by atoms with Crippen molar-refractivity contribution < 1.29 is 23.1 Å². The summed E-state index contributed by atoms with van der Waals surface area (Å²) in [5.74, 6) is -2.55. The molecule has 162 valence electrons. The van der Waals surface area contributed by atoms with E-state index in [-0.39, 0.29) is 13.0 Å². The van der Waals surface area contributed by atoms with Crippen LogP contribution < -0.4 is 15.4 Å². The van der Waals surface area contributed by atoms with Gasteiger partial charge in [-0.25, -0.2) is 18.6 Å². The lowest BCUT2D eigenvalue weighted by atomic mass is 10.1. The minimum atomic E-state index is -2.80. The molecule has 0 bridgehead atoms. The summed E-state index contributed by atoms with van der Waals surface area (Å²) in [6.45, 7) is -1.07. The number of urea groups is 1. The monoisotopic (exact) mass is 447 g/mol. The molecule has 8 nitrogen and oxygen atoms in total. The maximum absolute atomic E-state index is 12.8. The average Bonchev–Trinajstić information content (AvgIpc) is 3.13. The predicted octanol–water partition coefficient (Wildman–Crippen LogP) is 3.36. The Balaban J connectivity index is 1.33. The number of carbonyl (C=O) groups excluding carboxylic acids is 2. The SMILES string of the molecule is COc1cncc(-c2ccc3nc(NC(=O)NCCC(=O)N4CC(F)(F)C4)sc3c2)c1. The van der Waals surface area contributed by atoms with Crippen molar-refractivity contribution in [3.63, 3.8) is 0 Å². The van der Waals surface area contributed by atoms with Crippen LogP contribution in [0.3, 0.4) is 0 Å². The number of carbonyl (C=O) groups is 2. The second-order valence-corrected chi connectivity index (χ2v) is 8.08. The minimum Gasteiger partial charge on any atom is -0.495 e. The Morgan fingerprint density at radius 3 is 2.77 bits per heavy atom. The van der Waals surface area contributed by atoms with Gasteiger partial charge in [0.15, 0.2) is 5.13 Å². The number of likely N-dealkylation sites (tertiary alicyclic amines) is 1. The highest BCUT2D eigenvalue weighted by atomic mass is 32.1. The summed E-state index contributed by atoms with van der Waals surface area (Å²) in [5.41, 5.74) is 2.56. The summed E-state index contributed by atoms with van der Waals surface area (Å²) in [7, 11) is 1.58. The molecule has 1 aliphatic heterocycles. The van der Waals surface area contributed by atoms with E-state index in [0.29, 0.717) is 10.9 Å². The smallest absolute Gasteiger partial charge is 0.321 e. The second-order valence-electron chi connectivity index (χ2n) is 7.05. The number of fused-ring (bicyclic) bond motifs is 1. The number of thiazole rings is 1. The quantitative estimate of drug-likeness (QED) is 0.604. The molecule has 3 aromatic rings. The number of pyridine rings is 1. The number of rotatable bonds is 6. The number of halogens is 2. The molecule has 2 N–H and O–H groups in total. The zero-order valence-electron chi connectivity index (χ0n) is 16.5. The Kier molecular flexibility index (Phi) is 5.68. The van der Waals surface area contributed by atoms with Crippen LogP contribution in [0.2, 0.25) is 0 Å². The van der Waals surface area contributed by atoms with E-state index in [0.717, 1.165) is 26.2 Å². The highest BCUT2D eigenvalue weighted by Crippen LogP contribution is 2.31. The van der Waals surface area contributed by atoms with Crippen molar-refractivity contribution >= 4 is 38.6 Å². The Morgan fingerprint density at radius 2 is 2.03 bits per heavy atom. The Hall–Kier alpha value is -3.34. The largest absolute Gasteiger partial charge is 0.495 e. The number of nitrogens with zero attached hydrogens (tertiary/aromatic N) is 3. The van der Waals surface area contributed by atoms with Gasteiger partial charge < -0.3 is 15.0 Å². The van der Waals surface area contributed by atoms with Crippen molar-refractivity contribution in [3.8, 4) is 16.9 Å².